The molecule has 152 valence electrons. The standard InChI is InChI=1S/C23H21N3O4/c27-20(11-10-17-6-2-1-3-7-17)24-12-14-25(15-13-24)21(28)16-26-22(29)18-8-4-5-9-19(18)23(26)30/h1-11H,12-16H2/b11-10+. The third-order valence-electron chi connectivity index (χ3n) is 5.33. The molecule has 2 aliphatic rings. The van der Waals surface area contributed by atoms with Crippen molar-refractivity contribution in [1.29, 1.82) is 0 Å². The Balaban J connectivity index is 1.31. The van der Waals surface area contributed by atoms with Crippen LogP contribution in [0.3, 0.4) is 0 Å². The summed E-state index contributed by atoms with van der Waals surface area (Å²) >= 11 is 0. The zero-order valence-corrected chi connectivity index (χ0v) is 16.4. The van der Waals surface area contributed by atoms with E-state index in [2.05, 4.69) is 0 Å². The third-order valence-corrected chi connectivity index (χ3v) is 5.33. The number of benzene rings is 2. The molecule has 1 saturated heterocycles. The minimum absolute atomic E-state index is 0.105. The summed E-state index contributed by atoms with van der Waals surface area (Å²) in [6.45, 7) is 1.27. The summed E-state index contributed by atoms with van der Waals surface area (Å²) in [6, 6.07) is 16.1. The maximum Gasteiger partial charge on any atom is 0.262 e. The smallest absolute Gasteiger partial charge is 0.262 e. The van der Waals surface area contributed by atoms with Crippen LogP contribution in [0.1, 0.15) is 26.3 Å². The first-order valence-electron chi connectivity index (χ1n) is 9.79. The van der Waals surface area contributed by atoms with Crippen molar-refractivity contribution < 1.29 is 19.2 Å². The Hall–Kier alpha value is -3.74. The number of fused-ring (bicyclic) bond motifs is 1. The van der Waals surface area contributed by atoms with E-state index in [9.17, 15) is 19.2 Å². The molecule has 4 rings (SSSR count). The van der Waals surface area contributed by atoms with Gasteiger partial charge in [-0.3, -0.25) is 24.1 Å². The van der Waals surface area contributed by atoms with Crippen LogP contribution in [-0.4, -0.2) is 71.1 Å². The zero-order chi connectivity index (χ0) is 21.1. The number of piperazine rings is 1. The minimum atomic E-state index is -0.441. The van der Waals surface area contributed by atoms with Gasteiger partial charge in [0.15, 0.2) is 0 Å². The van der Waals surface area contributed by atoms with Crippen molar-refractivity contribution in [3.8, 4) is 0 Å². The van der Waals surface area contributed by atoms with Crippen LogP contribution in [-0.2, 0) is 9.59 Å². The zero-order valence-electron chi connectivity index (χ0n) is 16.4. The predicted octanol–water partition coefficient (Wildman–Crippen LogP) is 1.67. The van der Waals surface area contributed by atoms with E-state index in [1.54, 1.807) is 40.1 Å². The van der Waals surface area contributed by atoms with Gasteiger partial charge in [-0.1, -0.05) is 42.5 Å². The number of carbonyl (C=O) groups is 4. The molecule has 0 saturated carbocycles. The third kappa shape index (κ3) is 3.87. The first kappa shape index (κ1) is 19.6. The largest absolute Gasteiger partial charge is 0.338 e. The van der Waals surface area contributed by atoms with Crippen LogP contribution in [0.5, 0.6) is 0 Å². The lowest BCUT2D eigenvalue weighted by Gasteiger charge is -2.34. The molecule has 2 heterocycles. The number of rotatable bonds is 4. The van der Waals surface area contributed by atoms with Gasteiger partial charge in [0.1, 0.15) is 6.54 Å². The number of nitrogens with zero attached hydrogens (tertiary/aromatic N) is 3. The average molecular weight is 403 g/mol. The molecule has 2 aliphatic heterocycles. The van der Waals surface area contributed by atoms with Crippen LogP contribution in [0.2, 0.25) is 0 Å². The fourth-order valence-corrected chi connectivity index (χ4v) is 3.63. The van der Waals surface area contributed by atoms with Crippen molar-refractivity contribution in [2.24, 2.45) is 0 Å². The summed E-state index contributed by atoms with van der Waals surface area (Å²) in [5, 5.41) is 0. The van der Waals surface area contributed by atoms with Crippen molar-refractivity contribution in [2.75, 3.05) is 32.7 Å². The molecule has 0 aromatic heterocycles. The maximum absolute atomic E-state index is 12.6. The molecule has 7 heteroatoms. The molecule has 0 radical (unpaired) electrons. The van der Waals surface area contributed by atoms with E-state index in [0.717, 1.165) is 10.5 Å². The lowest BCUT2D eigenvalue weighted by molar-refractivity contribution is -0.137. The van der Waals surface area contributed by atoms with Crippen LogP contribution >= 0.6 is 0 Å². The van der Waals surface area contributed by atoms with E-state index in [1.165, 1.54) is 6.08 Å². The molecule has 0 unspecified atom stereocenters. The molecule has 2 aromatic carbocycles. The Morgan fingerprint density at radius 1 is 0.767 bits per heavy atom. The molecule has 4 amide bonds. The lowest BCUT2D eigenvalue weighted by atomic mass is 10.1. The van der Waals surface area contributed by atoms with Gasteiger partial charge in [-0.15, -0.1) is 0 Å². The predicted molar refractivity (Wildman–Crippen MR) is 110 cm³/mol. The second-order valence-corrected chi connectivity index (χ2v) is 7.19. The highest BCUT2D eigenvalue weighted by molar-refractivity contribution is 6.22. The molecule has 7 nitrogen and oxygen atoms in total. The van der Waals surface area contributed by atoms with Crippen molar-refractivity contribution in [2.45, 2.75) is 0 Å². The van der Waals surface area contributed by atoms with E-state index < -0.39 is 11.8 Å². The summed E-state index contributed by atoms with van der Waals surface area (Å²) in [5.74, 6) is -1.28. The maximum atomic E-state index is 12.6. The topological polar surface area (TPSA) is 78.0 Å². The summed E-state index contributed by atoms with van der Waals surface area (Å²) in [5.41, 5.74) is 1.60. The van der Waals surface area contributed by atoms with Gasteiger partial charge in [0, 0.05) is 32.3 Å². The first-order chi connectivity index (χ1) is 14.5. The fourth-order valence-electron chi connectivity index (χ4n) is 3.63. The van der Waals surface area contributed by atoms with Crippen LogP contribution in [0, 0.1) is 0 Å². The summed E-state index contributed by atoms with van der Waals surface area (Å²) < 4.78 is 0. The molecule has 0 N–H and O–H groups in total. The van der Waals surface area contributed by atoms with Crippen molar-refractivity contribution in [1.82, 2.24) is 14.7 Å². The van der Waals surface area contributed by atoms with Crippen LogP contribution in [0.4, 0.5) is 0 Å². The number of hydrogen-bond acceptors (Lipinski definition) is 4. The first-order valence-corrected chi connectivity index (χ1v) is 9.79. The van der Waals surface area contributed by atoms with E-state index in [0.29, 0.717) is 37.3 Å². The second-order valence-electron chi connectivity index (χ2n) is 7.19. The fraction of sp³-hybridized carbons (Fsp3) is 0.217. The highest BCUT2D eigenvalue weighted by Crippen LogP contribution is 2.22. The molecule has 0 bridgehead atoms. The van der Waals surface area contributed by atoms with Gasteiger partial charge in [-0.2, -0.15) is 0 Å². The quantitative estimate of drug-likeness (QED) is 0.575. The minimum Gasteiger partial charge on any atom is -0.338 e. The number of carbonyl (C=O) groups excluding carboxylic acids is 4. The van der Waals surface area contributed by atoms with Gasteiger partial charge < -0.3 is 9.80 Å². The molecule has 1 fully saturated rings. The molecule has 0 atom stereocenters. The number of imide groups is 1. The Morgan fingerprint density at radius 2 is 1.30 bits per heavy atom. The Morgan fingerprint density at radius 3 is 1.90 bits per heavy atom. The molecule has 0 spiro atoms. The molecule has 0 aliphatic carbocycles. The monoisotopic (exact) mass is 403 g/mol. The molecule has 2 aromatic rings. The van der Waals surface area contributed by atoms with Crippen molar-refractivity contribution in [3.63, 3.8) is 0 Å². The summed E-state index contributed by atoms with van der Waals surface area (Å²) in [4.78, 5) is 54.2. The van der Waals surface area contributed by atoms with Crippen molar-refractivity contribution >= 4 is 29.7 Å². The van der Waals surface area contributed by atoms with E-state index in [-0.39, 0.29) is 18.4 Å². The van der Waals surface area contributed by atoms with Gasteiger partial charge in [0.25, 0.3) is 11.8 Å². The number of amides is 4. The van der Waals surface area contributed by atoms with Gasteiger partial charge in [-0.05, 0) is 23.8 Å². The van der Waals surface area contributed by atoms with Crippen molar-refractivity contribution in [3.05, 3.63) is 77.4 Å². The SMILES string of the molecule is O=C(/C=C/c1ccccc1)N1CCN(C(=O)CN2C(=O)c3ccccc3C2=O)CC1. The Labute approximate surface area is 174 Å². The van der Waals surface area contributed by atoms with E-state index in [1.807, 2.05) is 30.3 Å². The highest BCUT2D eigenvalue weighted by atomic mass is 16.2. The molecular formula is C23H21N3O4. The Bertz CT molecular complexity index is 989. The second kappa shape index (κ2) is 8.32. The van der Waals surface area contributed by atoms with Gasteiger partial charge in [0.05, 0.1) is 11.1 Å². The summed E-state index contributed by atoms with van der Waals surface area (Å²) in [7, 11) is 0. The van der Waals surface area contributed by atoms with Crippen LogP contribution in [0.15, 0.2) is 60.7 Å². The summed E-state index contributed by atoms with van der Waals surface area (Å²) in [6.07, 6.45) is 3.30. The van der Waals surface area contributed by atoms with E-state index >= 15 is 0 Å². The van der Waals surface area contributed by atoms with Gasteiger partial charge in [-0.25, -0.2) is 0 Å². The average Bonchev–Trinajstić information content (AvgIpc) is 3.03. The normalized spacial score (nSPS) is 16.3. The molecular weight excluding hydrogens is 382 g/mol. The van der Waals surface area contributed by atoms with E-state index in [4.69, 9.17) is 0 Å². The molecule has 30 heavy (non-hydrogen) atoms. The lowest BCUT2D eigenvalue weighted by Crippen LogP contribution is -2.52. The van der Waals surface area contributed by atoms with Gasteiger partial charge in [0.2, 0.25) is 11.8 Å². The van der Waals surface area contributed by atoms with Crippen LogP contribution in [0.25, 0.3) is 6.08 Å². The Kier molecular flexibility index (Phi) is 5.43. The van der Waals surface area contributed by atoms with Gasteiger partial charge >= 0.3 is 0 Å². The van der Waals surface area contributed by atoms with Crippen LogP contribution < -0.4 is 0 Å². The number of hydrogen-bond donors (Lipinski definition) is 0. The highest BCUT2D eigenvalue weighted by Gasteiger charge is 2.37.